The second-order valence-corrected chi connectivity index (χ2v) is 3.22. The van der Waals surface area contributed by atoms with Crippen LogP contribution in [0.25, 0.3) is 0 Å². The first kappa shape index (κ1) is 9.58. The van der Waals surface area contributed by atoms with Crippen molar-refractivity contribution in [1.82, 2.24) is 10.2 Å². The van der Waals surface area contributed by atoms with Crippen LogP contribution in [0.5, 0.6) is 5.75 Å². The fourth-order valence-corrected chi connectivity index (χ4v) is 1.31. The third-order valence-corrected chi connectivity index (χ3v) is 2.12. The van der Waals surface area contributed by atoms with E-state index in [2.05, 4.69) is 10.2 Å². The molecule has 78 valence electrons. The molecule has 0 aliphatic heterocycles. The number of anilines is 1. The minimum Gasteiger partial charge on any atom is -0.493 e. The summed E-state index contributed by atoms with van der Waals surface area (Å²) in [6.45, 7) is 0.594. The molecule has 0 saturated heterocycles. The van der Waals surface area contributed by atoms with Crippen LogP contribution < -0.4 is 10.5 Å². The van der Waals surface area contributed by atoms with Gasteiger partial charge < -0.3 is 10.5 Å². The third kappa shape index (κ3) is 2.49. The van der Waals surface area contributed by atoms with Crippen molar-refractivity contribution in [3.8, 4) is 5.75 Å². The Morgan fingerprint density at radius 3 is 2.73 bits per heavy atom. The molecule has 0 saturated carbocycles. The summed E-state index contributed by atoms with van der Waals surface area (Å²) in [4.78, 5) is 0. The number of aromatic nitrogens is 2. The zero-order valence-corrected chi connectivity index (χ0v) is 8.31. The lowest BCUT2D eigenvalue weighted by molar-refractivity contribution is 0.320. The Balaban J connectivity index is 1.83. The first-order valence-corrected chi connectivity index (χ1v) is 4.82. The largest absolute Gasteiger partial charge is 0.493 e. The van der Waals surface area contributed by atoms with E-state index in [1.54, 1.807) is 6.20 Å². The Labute approximate surface area is 88.1 Å². The summed E-state index contributed by atoms with van der Waals surface area (Å²) in [5.74, 6) is 0.871. The highest BCUT2D eigenvalue weighted by molar-refractivity contribution is 5.39. The van der Waals surface area contributed by atoms with Crippen LogP contribution in [-0.2, 0) is 6.42 Å². The maximum Gasteiger partial charge on any atom is 0.119 e. The van der Waals surface area contributed by atoms with Crippen LogP contribution in [0.4, 0.5) is 5.69 Å². The first-order valence-electron chi connectivity index (χ1n) is 4.82. The number of hydrogen-bond acceptors (Lipinski definition) is 3. The zero-order valence-electron chi connectivity index (χ0n) is 8.31. The Bertz CT molecular complexity index is 411. The lowest BCUT2D eigenvalue weighted by Gasteiger charge is -2.04. The van der Waals surface area contributed by atoms with Crippen molar-refractivity contribution in [3.63, 3.8) is 0 Å². The van der Waals surface area contributed by atoms with Gasteiger partial charge in [-0.2, -0.15) is 5.10 Å². The van der Waals surface area contributed by atoms with E-state index in [1.165, 1.54) is 0 Å². The lowest BCUT2D eigenvalue weighted by atomic mass is 10.3. The Hall–Kier alpha value is -1.97. The second kappa shape index (κ2) is 4.50. The molecular formula is C11H13N3O. The third-order valence-electron chi connectivity index (χ3n) is 2.12. The number of aromatic amines is 1. The van der Waals surface area contributed by atoms with E-state index in [0.29, 0.717) is 12.3 Å². The number of nitrogens with zero attached hydrogens (tertiary/aromatic N) is 1. The topological polar surface area (TPSA) is 63.9 Å². The molecule has 0 radical (unpaired) electrons. The number of H-pyrrole nitrogens is 1. The number of hydrogen-bond donors (Lipinski definition) is 2. The molecule has 15 heavy (non-hydrogen) atoms. The number of rotatable bonds is 4. The molecule has 0 atom stereocenters. The van der Waals surface area contributed by atoms with Crippen LogP contribution in [-0.4, -0.2) is 16.8 Å². The number of ether oxygens (including phenoxy) is 1. The van der Waals surface area contributed by atoms with Crippen molar-refractivity contribution < 1.29 is 4.74 Å². The summed E-state index contributed by atoms with van der Waals surface area (Å²) >= 11 is 0. The van der Waals surface area contributed by atoms with Gasteiger partial charge in [-0.25, -0.2) is 0 Å². The SMILES string of the molecule is Nc1cn[nH]c1CCOc1ccccc1. The van der Waals surface area contributed by atoms with Crippen LogP contribution in [0.1, 0.15) is 5.69 Å². The van der Waals surface area contributed by atoms with Gasteiger partial charge in [0.25, 0.3) is 0 Å². The highest BCUT2D eigenvalue weighted by atomic mass is 16.5. The number of benzene rings is 1. The van der Waals surface area contributed by atoms with Crippen LogP contribution in [0.3, 0.4) is 0 Å². The summed E-state index contributed by atoms with van der Waals surface area (Å²) in [5, 5.41) is 6.68. The van der Waals surface area contributed by atoms with E-state index in [1.807, 2.05) is 30.3 Å². The minimum atomic E-state index is 0.594. The Morgan fingerprint density at radius 2 is 2.07 bits per heavy atom. The van der Waals surface area contributed by atoms with Gasteiger partial charge in [0, 0.05) is 6.42 Å². The van der Waals surface area contributed by atoms with Gasteiger partial charge >= 0.3 is 0 Å². The maximum atomic E-state index is 5.67. The standard InChI is InChI=1S/C11H13N3O/c12-10-8-13-14-11(10)6-7-15-9-4-2-1-3-5-9/h1-5,8H,6-7,12H2,(H,13,14). The molecular weight excluding hydrogens is 190 g/mol. The van der Waals surface area contributed by atoms with Crippen molar-refractivity contribution >= 4 is 5.69 Å². The molecule has 0 aliphatic carbocycles. The van der Waals surface area contributed by atoms with Gasteiger partial charge in [-0.05, 0) is 12.1 Å². The second-order valence-electron chi connectivity index (χ2n) is 3.22. The van der Waals surface area contributed by atoms with Gasteiger partial charge in [-0.3, -0.25) is 5.10 Å². The maximum absolute atomic E-state index is 5.67. The van der Waals surface area contributed by atoms with E-state index in [4.69, 9.17) is 10.5 Å². The van der Waals surface area contributed by atoms with Gasteiger partial charge in [0.05, 0.1) is 24.2 Å². The predicted octanol–water partition coefficient (Wildman–Crippen LogP) is 1.61. The monoisotopic (exact) mass is 203 g/mol. The number of para-hydroxylation sites is 1. The van der Waals surface area contributed by atoms with Crippen LogP contribution in [0.15, 0.2) is 36.5 Å². The molecule has 0 unspecified atom stereocenters. The van der Waals surface area contributed by atoms with Crippen molar-refractivity contribution in [1.29, 1.82) is 0 Å². The molecule has 0 amide bonds. The highest BCUT2D eigenvalue weighted by Crippen LogP contribution is 2.10. The summed E-state index contributed by atoms with van der Waals surface area (Å²) in [6, 6.07) is 9.70. The van der Waals surface area contributed by atoms with Crippen molar-refractivity contribution in [2.75, 3.05) is 12.3 Å². The number of nitrogens with one attached hydrogen (secondary N) is 1. The van der Waals surface area contributed by atoms with Gasteiger partial charge in [0.1, 0.15) is 5.75 Å². The van der Waals surface area contributed by atoms with E-state index < -0.39 is 0 Å². The average Bonchev–Trinajstić information content (AvgIpc) is 2.66. The van der Waals surface area contributed by atoms with Gasteiger partial charge in [0.2, 0.25) is 0 Å². The van der Waals surface area contributed by atoms with Gasteiger partial charge in [-0.1, -0.05) is 18.2 Å². The van der Waals surface area contributed by atoms with E-state index in [0.717, 1.165) is 17.9 Å². The average molecular weight is 203 g/mol. The smallest absolute Gasteiger partial charge is 0.119 e. The molecule has 2 rings (SSSR count). The summed E-state index contributed by atoms with van der Waals surface area (Å²) in [7, 11) is 0. The Morgan fingerprint density at radius 1 is 1.27 bits per heavy atom. The van der Waals surface area contributed by atoms with Crippen molar-refractivity contribution in [3.05, 3.63) is 42.2 Å². The summed E-state index contributed by atoms with van der Waals surface area (Å²) in [6.07, 6.45) is 2.35. The summed E-state index contributed by atoms with van der Waals surface area (Å²) < 4.78 is 5.53. The fourth-order valence-electron chi connectivity index (χ4n) is 1.31. The van der Waals surface area contributed by atoms with Crippen LogP contribution >= 0.6 is 0 Å². The van der Waals surface area contributed by atoms with Crippen LogP contribution in [0.2, 0.25) is 0 Å². The van der Waals surface area contributed by atoms with E-state index in [-0.39, 0.29) is 0 Å². The van der Waals surface area contributed by atoms with E-state index in [9.17, 15) is 0 Å². The molecule has 0 spiro atoms. The molecule has 0 bridgehead atoms. The van der Waals surface area contributed by atoms with Gasteiger partial charge in [-0.15, -0.1) is 0 Å². The molecule has 0 aliphatic rings. The molecule has 4 nitrogen and oxygen atoms in total. The predicted molar refractivity (Wildman–Crippen MR) is 58.6 cm³/mol. The highest BCUT2D eigenvalue weighted by Gasteiger charge is 2.00. The molecule has 2 aromatic rings. The van der Waals surface area contributed by atoms with E-state index >= 15 is 0 Å². The van der Waals surface area contributed by atoms with Crippen LogP contribution in [0, 0.1) is 0 Å². The van der Waals surface area contributed by atoms with Crippen molar-refractivity contribution in [2.24, 2.45) is 0 Å². The number of nitrogen functional groups attached to an aromatic ring is 1. The molecule has 1 aromatic heterocycles. The molecule has 0 fully saturated rings. The molecule has 4 heteroatoms. The number of nitrogens with two attached hydrogens (primary N) is 1. The lowest BCUT2D eigenvalue weighted by Crippen LogP contribution is -2.03. The van der Waals surface area contributed by atoms with Gasteiger partial charge in [0.15, 0.2) is 0 Å². The minimum absolute atomic E-state index is 0.594. The Kier molecular flexibility index (Phi) is 2.88. The quantitative estimate of drug-likeness (QED) is 0.793. The molecule has 1 heterocycles. The van der Waals surface area contributed by atoms with Crippen molar-refractivity contribution in [2.45, 2.75) is 6.42 Å². The fraction of sp³-hybridized carbons (Fsp3) is 0.182. The first-order chi connectivity index (χ1) is 7.36. The normalized spacial score (nSPS) is 10.1. The summed E-state index contributed by atoms with van der Waals surface area (Å²) in [5.41, 5.74) is 7.28. The molecule has 3 N–H and O–H groups in total. The zero-order chi connectivity index (χ0) is 10.5. The molecule has 1 aromatic carbocycles.